The number of rotatable bonds is 9. The topological polar surface area (TPSA) is 27.7 Å². The van der Waals surface area contributed by atoms with Gasteiger partial charge in [0.2, 0.25) is 0 Å². The van der Waals surface area contributed by atoms with Gasteiger partial charge in [-0.1, -0.05) is 164 Å². The van der Waals surface area contributed by atoms with E-state index in [0.717, 1.165) is 16.7 Å². The molecule has 0 amide bonds. The number of fused-ring (bicyclic) bond motifs is 3. The third kappa shape index (κ3) is 6.34. The van der Waals surface area contributed by atoms with E-state index in [9.17, 15) is 0 Å². The molecule has 0 heterocycles. The molecule has 0 unspecified atom stereocenters. The van der Waals surface area contributed by atoms with Gasteiger partial charge in [-0.05, 0) is 102 Å². The maximum Gasteiger partial charge on any atom is 0.864 e. The van der Waals surface area contributed by atoms with Crippen LogP contribution in [0.3, 0.4) is 0 Å². The van der Waals surface area contributed by atoms with Crippen LogP contribution < -0.4 is 14.0 Å². The van der Waals surface area contributed by atoms with Gasteiger partial charge in [0.15, 0.2) is 0 Å². The Hall–Kier alpha value is -6.78. The lowest BCUT2D eigenvalue weighted by molar-refractivity contribution is 0.307. The highest BCUT2D eigenvalue weighted by molar-refractivity contribution is 6.39. The third-order valence-electron chi connectivity index (χ3n) is 9.56. The minimum absolute atomic E-state index is 0.633. The van der Waals surface area contributed by atoms with Gasteiger partial charge in [0.05, 0.1) is 0 Å². The first-order valence-corrected chi connectivity index (χ1v) is 17.5. The maximum absolute atomic E-state index is 6.40. The highest BCUT2D eigenvalue weighted by Crippen LogP contribution is 2.33. The van der Waals surface area contributed by atoms with Crippen LogP contribution in [0.4, 0.5) is 0 Å². The lowest BCUT2D eigenvalue weighted by Crippen LogP contribution is -2.36. The van der Waals surface area contributed by atoms with Crippen LogP contribution in [0.2, 0.25) is 0 Å². The van der Waals surface area contributed by atoms with E-state index in [4.69, 9.17) is 14.0 Å². The monoisotopic (exact) mass is 668 g/mol. The van der Waals surface area contributed by atoms with Crippen LogP contribution >= 0.6 is 0 Å². The number of benzene rings is 9. The zero-order chi connectivity index (χ0) is 34.7. The van der Waals surface area contributed by atoms with Crippen LogP contribution in [0.15, 0.2) is 200 Å². The van der Waals surface area contributed by atoms with Crippen molar-refractivity contribution in [3.8, 4) is 50.6 Å². The molecule has 0 atom stereocenters. The van der Waals surface area contributed by atoms with Crippen LogP contribution in [-0.2, 0) is 0 Å². The van der Waals surface area contributed by atoms with Gasteiger partial charge in [-0.15, -0.1) is 0 Å². The minimum Gasteiger partial charge on any atom is -0.490 e. The van der Waals surface area contributed by atoms with Gasteiger partial charge in [-0.25, -0.2) is 0 Å². The van der Waals surface area contributed by atoms with E-state index in [-0.39, 0.29) is 0 Å². The first kappa shape index (κ1) is 31.2. The Labute approximate surface area is 303 Å². The summed E-state index contributed by atoms with van der Waals surface area (Å²) >= 11 is 0. The van der Waals surface area contributed by atoms with Crippen LogP contribution in [0, 0.1) is 0 Å². The van der Waals surface area contributed by atoms with E-state index in [0.29, 0.717) is 17.2 Å². The lowest BCUT2D eigenvalue weighted by atomic mass is 9.98. The average molecular weight is 669 g/mol. The molecule has 0 bridgehead atoms. The molecule has 52 heavy (non-hydrogen) atoms. The average Bonchev–Trinajstić information content (AvgIpc) is 3.21. The van der Waals surface area contributed by atoms with Gasteiger partial charge in [0, 0.05) is 0 Å². The van der Waals surface area contributed by atoms with Crippen molar-refractivity contribution in [3.63, 3.8) is 0 Å². The predicted molar refractivity (Wildman–Crippen MR) is 216 cm³/mol. The van der Waals surface area contributed by atoms with Gasteiger partial charge in [0.25, 0.3) is 0 Å². The van der Waals surface area contributed by atoms with E-state index in [2.05, 4.69) is 164 Å². The SMILES string of the molecule is c1ccc2c(-c3ccc(OB(Oc4ccc(-c5cccc6ccccc56)cc4)Oc4ccc(-c5cccc6ccccc56)cc4)cc3)cccc2c1. The molecule has 0 spiro atoms. The summed E-state index contributed by atoms with van der Waals surface area (Å²) in [6.07, 6.45) is 0. The molecule has 0 N–H and O–H groups in total. The van der Waals surface area contributed by atoms with Crippen molar-refractivity contribution in [2.24, 2.45) is 0 Å². The standard InChI is InChI=1S/C48H33BO3/c1-4-16-43-34(10-1)13-7-19-46(43)37-22-28-40(29-23-37)50-49(51-41-30-24-38(25-31-41)47-20-8-14-35-11-2-5-17-44(35)47)52-42-32-26-39(27-33-42)48-21-9-15-36-12-3-6-18-45(36)48/h1-33H. The van der Waals surface area contributed by atoms with Gasteiger partial charge in [0.1, 0.15) is 17.2 Å². The quantitative estimate of drug-likeness (QED) is 0.143. The molecular weight excluding hydrogens is 635 g/mol. The molecule has 0 aliphatic heterocycles. The highest BCUT2D eigenvalue weighted by atomic mass is 16.7. The largest absolute Gasteiger partial charge is 0.864 e. The molecule has 0 saturated heterocycles. The fourth-order valence-corrected chi connectivity index (χ4v) is 6.98. The Morgan fingerprint density at radius 1 is 0.250 bits per heavy atom. The zero-order valence-electron chi connectivity index (χ0n) is 28.4. The minimum atomic E-state index is -1.05. The molecule has 0 aromatic heterocycles. The number of hydrogen-bond donors (Lipinski definition) is 0. The summed E-state index contributed by atoms with van der Waals surface area (Å²) in [4.78, 5) is 0. The third-order valence-corrected chi connectivity index (χ3v) is 9.56. The van der Waals surface area contributed by atoms with E-state index in [1.807, 2.05) is 36.4 Å². The van der Waals surface area contributed by atoms with Crippen LogP contribution in [0.5, 0.6) is 17.2 Å². The molecule has 9 aromatic rings. The summed E-state index contributed by atoms with van der Waals surface area (Å²) < 4.78 is 19.2. The predicted octanol–water partition coefficient (Wildman–Crippen LogP) is 12.7. The Kier molecular flexibility index (Phi) is 8.32. The van der Waals surface area contributed by atoms with Crippen molar-refractivity contribution in [2.45, 2.75) is 0 Å². The Balaban J connectivity index is 0.996. The molecule has 246 valence electrons. The van der Waals surface area contributed by atoms with Gasteiger partial charge < -0.3 is 14.0 Å². The first-order chi connectivity index (χ1) is 25.7. The summed E-state index contributed by atoms with van der Waals surface area (Å²) in [7, 11) is -1.05. The van der Waals surface area contributed by atoms with Gasteiger partial charge >= 0.3 is 7.32 Å². The molecular formula is C48H33BO3. The molecule has 4 heteroatoms. The van der Waals surface area contributed by atoms with Crippen LogP contribution in [-0.4, -0.2) is 7.32 Å². The maximum atomic E-state index is 6.40. The van der Waals surface area contributed by atoms with Crippen molar-refractivity contribution >= 4 is 39.6 Å². The second-order valence-corrected chi connectivity index (χ2v) is 12.8. The fourth-order valence-electron chi connectivity index (χ4n) is 6.98. The second-order valence-electron chi connectivity index (χ2n) is 12.8. The fraction of sp³-hybridized carbons (Fsp3) is 0. The number of hydrogen-bond acceptors (Lipinski definition) is 3. The van der Waals surface area contributed by atoms with E-state index >= 15 is 0 Å². The summed E-state index contributed by atoms with van der Waals surface area (Å²) in [5, 5.41) is 7.26. The molecule has 0 aliphatic carbocycles. The Morgan fingerprint density at radius 2 is 0.519 bits per heavy atom. The molecule has 9 aromatic carbocycles. The van der Waals surface area contributed by atoms with Crippen molar-refractivity contribution in [3.05, 3.63) is 200 Å². The summed E-state index contributed by atoms with van der Waals surface area (Å²) in [6.45, 7) is 0. The van der Waals surface area contributed by atoms with Crippen LogP contribution in [0.1, 0.15) is 0 Å². The summed E-state index contributed by atoms with van der Waals surface area (Å²) in [5.74, 6) is 1.90. The van der Waals surface area contributed by atoms with Gasteiger partial charge in [-0.3, -0.25) is 0 Å². The van der Waals surface area contributed by atoms with E-state index in [1.165, 1.54) is 49.0 Å². The molecule has 9 rings (SSSR count). The normalized spacial score (nSPS) is 11.1. The zero-order valence-corrected chi connectivity index (χ0v) is 28.4. The van der Waals surface area contributed by atoms with Gasteiger partial charge in [-0.2, -0.15) is 0 Å². The molecule has 0 fully saturated rings. The highest BCUT2D eigenvalue weighted by Gasteiger charge is 2.30. The summed E-state index contributed by atoms with van der Waals surface area (Å²) in [6, 6.07) is 68.7. The van der Waals surface area contributed by atoms with Crippen molar-refractivity contribution in [1.82, 2.24) is 0 Å². The first-order valence-electron chi connectivity index (χ1n) is 17.5. The molecule has 3 nitrogen and oxygen atoms in total. The molecule has 0 radical (unpaired) electrons. The second kappa shape index (κ2) is 13.9. The van der Waals surface area contributed by atoms with E-state index in [1.54, 1.807) is 0 Å². The molecule has 0 aliphatic rings. The smallest absolute Gasteiger partial charge is 0.490 e. The van der Waals surface area contributed by atoms with Crippen molar-refractivity contribution in [2.75, 3.05) is 0 Å². The van der Waals surface area contributed by atoms with Crippen LogP contribution in [0.25, 0.3) is 65.7 Å². The molecule has 0 saturated carbocycles. The lowest BCUT2D eigenvalue weighted by Gasteiger charge is -2.18. The Morgan fingerprint density at radius 3 is 0.827 bits per heavy atom. The summed E-state index contributed by atoms with van der Waals surface area (Å²) in [5.41, 5.74) is 6.84. The Bertz CT molecular complexity index is 2340. The van der Waals surface area contributed by atoms with Crippen molar-refractivity contribution < 1.29 is 14.0 Å². The van der Waals surface area contributed by atoms with E-state index < -0.39 is 7.32 Å². The van der Waals surface area contributed by atoms with Crippen molar-refractivity contribution in [1.29, 1.82) is 0 Å².